The molecule has 10 heteroatoms. The zero-order valence-electron chi connectivity index (χ0n) is 36.2. The largest absolute Gasteiger partial charge is 0.472 e. The molecule has 0 aliphatic rings. The van der Waals surface area contributed by atoms with Gasteiger partial charge < -0.3 is 24.6 Å². The van der Waals surface area contributed by atoms with E-state index in [1.807, 2.05) is 0 Å². The zero-order valence-corrected chi connectivity index (χ0v) is 37.1. The fraction of sp³-hybridized carbons (Fsp3) is 0.646. The molecule has 3 N–H and O–H groups in total. The number of carbonyl (C=O) groups excluding carboxylic acids is 1. The van der Waals surface area contributed by atoms with E-state index in [1.54, 1.807) is 0 Å². The van der Waals surface area contributed by atoms with Crippen LogP contribution in [0.5, 0.6) is 0 Å². The number of esters is 1. The summed E-state index contributed by atoms with van der Waals surface area (Å²) >= 11 is 0. The second-order valence-electron chi connectivity index (χ2n) is 14.3. The van der Waals surface area contributed by atoms with Gasteiger partial charge in [0.2, 0.25) is 0 Å². The van der Waals surface area contributed by atoms with Crippen LogP contribution in [0.2, 0.25) is 0 Å². The molecule has 58 heavy (non-hydrogen) atoms. The van der Waals surface area contributed by atoms with Crippen LogP contribution >= 0.6 is 7.82 Å². The lowest BCUT2D eigenvalue weighted by Crippen LogP contribution is -2.29. The van der Waals surface area contributed by atoms with Crippen molar-refractivity contribution in [3.05, 3.63) is 97.2 Å². The standard InChI is InChI=1S/C48H81O9P/c1-3-5-7-9-11-13-15-17-19-21-23-24-26-28-30-32-34-36-38-40-48(51)57-47(45-56-58(52,53)55-43-46(50)42-49)44-54-41-39-37-35-33-31-29-27-25-22-20-18-16-14-12-10-8-6-4-2/h5-8,11-14,17-20,23-25,27,46-47,49-50H,3-4,9-10,15-16,21-22,26,28-45H2,1-2H3,(H,52,53)/b7-5-,8-6-,13-11-,14-12-,19-17-,20-18-,24-23-,27-25-. The molecule has 0 saturated carbocycles. The second-order valence-corrected chi connectivity index (χ2v) is 15.8. The van der Waals surface area contributed by atoms with Crippen LogP contribution in [0.25, 0.3) is 0 Å². The SMILES string of the molecule is CC/C=C\C/C=C\C/C=C\C/C=C\CCCCCCCCC(=O)OC(COCCCCCCC/C=C\C/C=C\C/C=C\C/C=C\CC)COP(=O)(O)OCC(O)CO. The van der Waals surface area contributed by atoms with E-state index >= 15 is 0 Å². The van der Waals surface area contributed by atoms with Gasteiger partial charge in [-0.15, -0.1) is 0 Å². The zero-order chi connectivity index (χ0) is 42.5. The molecular formula is C48H81O9P. The van der Waals surface area contributed by atoms with Crippen LogP contribution in [0.15, 0.2) is 97.2 Å². The van der Waals surface area contributed by atoms with Gasteiger partial charge in [0.15, 0.2) is 0 Å². The summed E-state index contributed by atoms with van der Waals surface area (Å²) < 4.78 is 33.4. The van der Waals surface area contributed by atoms with Crippen LogP contribution in [0.3, 0.4) is 0 Å². The molecule has 0 radical (unpaired) electrons. The quantitative estimate of drug-likeness (QED) is 0.0238. The molecule has 0 aliphatic heterocycles. The highest BCUT2D eigenvalue weighted by Crippen LogP contribution is 2.43. The Morgan fingerprint density at radius 1 is 0.534 bits per heavy atom. The third kappa shape index (κ3) is 43.0. The van der Waals surface area contributed by atoms with Crippen molar-refractivity contribution in [3.8, 4) is 0 Å². The Kier molecular flexibility index (Phi) is 42.0. The maximum Gasteiger partial charge on any atom is 0.472 e. The Hall–Kier alpha value is -2.62. The molecular weight excluding hydrogens is 751 g/mol. The molecule has 0 saturated heterocycles. The highest BCUT2D eigenvalue weighted by Gasteiger charge is 2.26. The minimum Gasteiger partial charge on any atom is -0.457 e. The van der Waals surface area contributed by atoms with Crippen LogP contribution in [-0.2, 0) is 27.9 Å². The van der Waals surface area contributed by atoms with Crippen molar-refractivity contribution in [2.75, 3.05) is 33.0 Å². The highest BCUT2D eigenvalue weighted by molar-refractivity contribution is 7.47. The first kappa shape index (κ1) is 55.4. The van der Waals surface area contributed by atoms with Crippen molar-refractivity contribution >= 4 is 13.8 Å². The summed E-state index contributed by atoms with van der Waals surface area (Å²) in [4.78, 5) is 22.6. The number of aliphatic hydroxyl groups excluding tert-OH is 2. The Morgan fingerprint density at radius 3 is 1.40 bits per heavy atom. The van der Waals surface area contributed by atoms with Gasteiger partial charge in [0.05, 0.1) is 26.4 Å². The molecule has 9 nitrogen and oxygen atoms in total. The Bertz CT molecular complexity index is 1220. The van der Waals surface area contributed by atoms with Gasteiger partial charge in [-0.1, -0.05) is 156 Å². The first-order valence-electron chi connectivity index (χ1n) is 22.2. The minimum atomic E-state index is -4.54. The van der Waals surface area contributed by atoms with Crippen molar-refractivity contribution in [1.29, 1.82) is 0 Å². The molecule has 0 aromatic rings. The number of rotatable bonds is 41. The summed E-state index contributed by atoms with van der Waals surface area (Å²) in [5.41, 5.74) is 0. The summed E-state index contributed by atoms with van der Waals surface area (Å²) in [6, 6.07) is 0. The first-order valence-corrected chi connectivity index (χ1v) is 23.7. The van der Waals surface area contributed by atoms with Gasteiger partial charge in [0, 0.05) is 13.0 Å². The lowest BCUT2D eigenvalue weighted by atomic mass is 10.1. The fourth-order valence-corrected chi connectivity index (χ4v) is 6.24. The molecule has 0 aromatic heterocycles. The lowest BCUT2D eigenvalue weighted by molar-refractivity contribution is -0.154. The topological polar surface area (TPSA) is 132 Å². The molecule has 0 aliphatic carbocycles. The average molecular weight is 833 g/mol. The monoisotopic (exact) mass is 833 g/mol. The van der Waals surface area contributed by atoms with Crippen molar-refractivity contribution in [3.63, 3.8) is 0 Å². The summed E-state index contributed by atoms with van der Waals surface area (Å²) in [5, 5.41) is 18.4. The predicted octanol–water partition coefficient (Wildman–Crippen LogP) is 12.5. The number of allylic oxidation sites excluding steroid dienone is 16. The number of hydrogen-bond donors (Lipinski definition) is 3. The van der Waals surface area contributed by atoms with Crippen LogP contribution in [0, 0.1) is 0 Å². The average Bonchev–Trinajstić information content (AvgIpc) is 3.21. The summed E-state index contributed by atoms with van der Waals surface area (Å²) in [6.45, 7) is 3.20. The molecule has 0 heterocycles. The van der Waals surface area contributed by atoms with Gasteiger partial charge in [-0.05, 0) is 89.9 Å². The number of ether oxygens (including phenoxy) is 2. The number of aliphatic hydroxyl groups is 2. The molecule has 3 unspecified atom stereocenters. The van der Waals surface area contributed by atoms with E-state index in [-0.39, 0.29) is 13.0 Å². The number of hydrogen-bond acceptors (Lipinski definition) is 8. The van der Waals surface area contributed by atoms with Crippen LogP contribution in [0.1, 0.15) is 155 Å². The smallest absolute Gasteiger partial charge is 0.457 e. The van der Waals surface area contributed by atoms with Crippen LogP contribution < -0.4 is 0 Å². The number of unbranched alkanes of at least 4 members (excludes halogenated alkanes) is 11. The van der Waals surface area contributed by atoms with Gasteiger partial charge in [-0.3, -0.25) is 13.8 Å². The van der Waals surface area contributed by atoms with Gasteiger partial charge in [-0.25, -0.2) is 4.57 Å². The third-order valence-electron chi connectivity index (χ3n) is 8.77. The van der Waals surface area contributed by atoms with E-state index in [2.05, 4.69) is 111 Å². The van der Waals surface area contributed by atoms with E-state index in [9.17, 15) is 19.4 Å². The van der Waals surface area contributed by atoms with E-state index in [4.69, 9.17) is 23.6 Å². The van der Waals surface area contributed by atoms with Crippen LogP contribution in [0.4, 0.5) is 0 Å². The Labute approximate surface area is 353 Å². The molecule has 0 bridgehead atoms. The van der Waals surface area contributed by atoms with Gasteiger partial charge >= 0.3 is 13.8 Å². The molecule has 3 atom stereocenters. The third-order valence-corrected chi connectivity index (χ3v) is 9.72. The summed E-state index contributed by atoms with van der Waals surface area (Å²) in [7, 11) is -4.54. The van der Waals surface area contributed by atoms with Crippen molar-refractivity contribution in [2.24, 2.45) is 0 Å². The minimum absolute atomic E-state index is 0.0239. The lowest BCUT2D eigenvalue weighted by Gasteiger charge is -2.20. The normalized spacial score (nSPS) is 14.9. The van der Waals surface area contributed by atoms with E-state index < -0.39 is 45.8 Å². The second kappa shape index (κ2) is 43.9. The van der Waals surface area contributed by atoms with Gasteiger partial charge in [0.25, 0.3) is 0 Å². The fourth-order valence-electron chi connectivity index (χ4n) is 5.45. The maximum atomic E-state index is 12.6. The van der Waals surface area contributed by atoms with Gasteiger partial charge in [-0.2, -0.15) is 0 Å². The van der Waals surface area contributed by atoms with Crippen molar-refractivity contribution in [2.45, 2.75) is 167 Å². The van der Waals surface area contributed by atoms with Gasteiger partial charge in [0.1, 0.15) is 12.2 Å². The summed E-state index contributed by atoms with van der Waals surface area (Å²) in [5.74, 6) is -0.408. The van der Waals surface area contributed by atoms with Crippen molar-refractivity contribution < 1.29 is 43.0 Å². The van der Waals surface area contributed by atoms with Crippen molar-refractivity contribution in [1.82, 2.24) is 0 Å². The molecule has 0 spiro atoms. The molecule has 0 rings (SSSR count). The molecule has 0 aromatic carbocycles. The maximum absolute atomic E-state index is 12.6. The highest BCUT2D eigenvalue weighted by atomic mass is 31.2. The Balaban J connectivity index is 4.25. The summed E-state index contributed by atoms with van der Waals surface area (Å²) in [6.07, 6.45) is 55.0. The number of carbonyl (C=O) groups is 1. The Morgan fingerprint density at radius 2 is 0.931 bits per heavy atom. The number of phosphoric acid groups is 1. The van der Waals surface area contributed by atoms with E-state index in [0.29, 0.717) is 13.0 Å². The molecule has 0 amide bonds. The first-order chi connectivity index (χ1) is 28.3. The van der Waals surface area contributed by atoms with E-state index in [0.717, 1.165) is 128 Å². The van der Waals surface area contributed by atoms with E-state index in [1.165, 1.54) is 0 Å². The predicted molar refractivity (Wildman–Crippen MR) is 242 cm³/mol. The van der Waals surface area contributed by atoms with Crippen LogP contribution in [-0.4, -0.2) is 66.3 Å². The molecule has 0 fully saturated rings. The number of phosphoric ester groups is 1. The molecule has 332 valence electrons.